The minimum atomic E-state index is -4.19. The number of alkyl halides is 3. The lowest BCUT2D eigenvalue weighted by molar-refractivity contribution is -0.186. The first-order valence-corrected chi connectivity index (χ1v) is 4.49. The second-order valence-corrected chi connectivity index (χ2v) is 3.55. The van der Waals surface area contributed by atoms with Gasteiger partial charge >= 0.3 is 6.18 Å². The monoisotopic (exact) mass is 191 g/mol. The molecule has 1 saturated carbocycles. The van der Waals surface area contributed by atoms with Crippen LogP contribution in [0.15, 0.2) is 0 Å². The van der Waals surface area contributed by atoms with Crippen molar-refractivity contribution in [2.45, 2.75) is 38.3 Å². The molecule has 0 aliphatic heterocycles. The fourth-order valence-electron chi connectivity index (χ4n) is 2.01. The predicted molar refractivity (Wildman–Crippen MR) is 41.7 cm³/mol. The molecule has 0 spiro atoms. The lowest BCUT2D eigenvalue weighted by atomic mass is 9.88. The predicted octanol–water partition coefficient (Wildman–Crippen LogP) is 3.27. The lowest BCUT2D eigenvalue weighted by Crippen LogP contribution is -2.28. The van der Waals surface area contributed by atoms with E-state index in [4.69, 9.17) is 5.26 Å². The van der Waals surface area contributed by atoms with Crippen LogP contribution in [0.1, 0.15) is 32.1 Å². The Balaban J connectivity index is 2.62. The maximum Gasteiger partial charge on any atom is 0.393 e. The Morgan fingerprint density at radius 2 is 1.85 bits per heavy atom. The molecular weight excluding hydrogens is 179 g/mol. The summed E-state index contributed by atoms with van der Waals surface area (Å²) in [6, 6.07) is 1.63. The Bertz CT molecular complexity index is 198. The van der Waals surface area contributed by atoms with Gasteiger partial charge < -0.3 is 0 Å². The van der Waals surface area contributed by atoms with E-state index in [-0.39, 0.29) is 12.3 Å². The highest BCUT2D eigenvalue weighted by Gasteiger charge is 2.44. The molecule has 13 heavy (non-hydrogen) atoms. The van der Waals surface area contributed by atoms with Crippen LogP contribution in [-0.4, -0.2) is 6.18 Å². The highest BCUT2D eigenvalue weighted by atomic mass is 19.4. The number of nitrogens with zero attached hydrogens (tertiary/aromatic N) is 1. The van der Waals surface area contributed by atoms with Gasteiger partial charge in [-0.3, -0.25) is 0 Å². The van der Waals surface area contributed by atoms with Gasteiger partial charge in [0.1, 0.15) is 0 Å². The van der Waals surface area contributed by atoms with Crippen molar-refractivity contribution in [2.75, 3.05) is 0 Å². The Morgan fingerprint density at radius 3 is 2.23 bits per heavy atom. The second kappa shape index (κ2) is 3.99. The fraction of sp³-hybridized carbons (Fsp3) is 0.889. The molecule has 0 amide bonds. The Hall–Kier alpha value is -0.720. The van der Waals surface area contributed by atoms with Crippen molar-refractivity contribution < 1.29 is 13.2 Å². The summed E-state index contributed by atoms with van der Waals surface area (Å²) in [5.41, 5.74) is 0. The third-order valence-electron chi connectivity index (χ3n) is 2.70. The molecule has 0 aromatic heterocycles. The zero-order valence-corrected chi connectivity index (χ0v) is 7.27. The average Bonchev–Trinajstić information content (AvgIpc) is 2.49. The lowest BCUT2D eigenvalue weighted by Gasteiger charge is -2.23. The van der Waals surface area contributed by atoms with E-state index in [2.05, 4.69) is 0 Å². The quantitative estimate of drug-likeness (QED) is 0.657. The summed E-state index contributed by atoms with van der Waals surface area (Å²) in [5.74, 6) is -1.69. The minimum absolute atomic E-state index is 0.306. The molecule has 0 N–H and O–H groups in total. The first-order valence-electron chi connectivity index (χ1n) is 4.49. The standard InChI is InChI=1S/C9H12F3N/c10-9(11,12)8(5-6-13)7-3-1-2-4-7/h7-8H,1-5H2. The van der Waals surface area contributed by atoms with Gasteiger partial charge in [-0.15, -0.1) is 0 Å². The molecule has 1 atom stereocenters. The molecule has 1 aliphatic carbocycles. The van der Waals surface area contributed by atoms with E-state index in [0.717, 1.165) is 12.8 Å². The van der Waals surface area contributed by atoms with Crippen LogP contribution < -0.4 is 0 Å². The molecule has 0 aromatic carbocycles. The Morgan fingerprint density at radius 1 is 1.31 bits per heavy atom. The molecule has 1 unspecified atom stereocenters. The van der Waals surface area contributed by atoms with Crippen LogP contribution in [0, 0.1) is 23.2 Å². The summed E-state index contributed by atoms with van der Waals surface area (Å²) >= 11 is 0. The number of hydrogen-bond donors (Lipinski definition) is 0. The van der Waals surface area contributed by atoms with Crippen molar-refractivity contribution in [2.24, 2.45) is 11.8 Å². The van der Waals surface area contributed by atoms with Gasteiger partial charge in [-0.25, -0.2) is 0 Å². The molecule has 0 aromatic rings. The van der Waals surface area contributed by atoms with E-state index < -0.39 is 12.1 Å². The maximum atomic E-state index is 12.4. The average molecular weight is 191 g/mol. The maximum absolute atomic E-state index is 12.4. The van der Waals surface area contributed by atoms with E-state index in [0.29, 0.717) is 12.8 Å². The topological polar surface area (TPSA) is 23.8 Å². The van der Waals surface area contributed by atoms with Gasteiger partial charge in [-0.1, -0.05) is 12.8 Å². The molecule has 74 valence electrons. The van der Waals surface area contributed by atoms with Gasteiger partial charge in [-0.2, -0.15) is 18.4 Å². The molecule has 0 bridgehead atoms. The normalized spacial score (nSPS) is 21.4. The van der Waals surface area contributed by atoms with Gasteiger partial charge in [-0.05, 0) is 18.8 Å². The summed E-state index contributed by atoms with van der Waals surface area (Å²) in [5, 5.41) is 8.31. The van der Waals surface area contributed by atoms with E-state index in [1.165, 1.54) is 0 Å². The zero-order valence-electron chi connectivity index (χ0n) is 7.27. The Labute approximate surface area is 75.5 Å². The van der Waals surface area contributed by atoms with Crippen LogP contribution in [0.4, 0.5) is 13.2 Å². The van der Waals surface area contributed by atoms with Crippen LogP contribution in [0.5, 0.6) is 0 Å². The highest BCUT2D eigenvalue weighted by Crippen LogP contribution is 2.42. The molecule has 1 fully saturated rings. The SMILES string of the molecule is N#CCC(C1CCCC1)C(F)(F)F. The molecule has 1 nitrogen and oxygen atoms in total. The van der Waals surface area contributed by atoms with Crippen molar-refractivity contribution in [3.63, 3.8) is 0 Å². The van der Waals surface area contributed by atoms with Crippen LogP contribution >= 0.6 is 0 Å². The van der Waals surface area contributed by atoms with E-state index in [9.17, 15) is 13.2 Å². The smallest absolute Gasteiger partial charge is 0.198 e. The highest BCUT2D eigenvalue weighted by molar-refractivity contribution is 4.87. The molecule has 1 rings (SSSR count). The largest absolute Gasteiger partial charge is 0.393 e. The number of rotatable bonds is 2. The first-order chi connectivity index (χ1) is 6.05. The molecule has 0 saturated heterocycles. The summed E-state index contributed by atoms with van der Waals surface area (Å²) < 4.78 is 37.2. The number of halogens is 3. The van der Waals surface area contributed by atoms with Crippen molar-refractivity contribution in [3.05, 3.63) is 0 Å². The van der Waals surface area contributed by atoms with Crippen LogP contribution in [0.25, 0.3) is 0 Å². The van der Waals surface area contributed by atoms with Crippen LogP contribution in [-0.2, 0) is 0 Å². The third-order valence-corrected chi connectivity index (χ3v) is 2.70. The van der Waals surface area contributed by atoms with Crippen molar-refractivity contribution in [3.8, 4) is 6.07 Å². The molecule has 4 heteroatoms. The van der Waals surface area contributed by atoms with E-state index in [1.54, 1.807) is 6.07 Å². The van der Waals surface area contributed by atoms with Gasteiger partial charge in [0.2, 0.25) is 0 Å². The molecule has 0 radical (unpaired) electrons. The van der Waals surface area contributed by atoms with Crippen LogP contribution in [0.2, 0.25) is 0 Å². The minimum Gasteiger partial charge on any atom is -0.198 e. The molecule has 0 heterocycles. The second-order valence-electron chi connectivity index (χ2n) is 3.55. The third kappa shape index (κ3) is 2.61. The Kier molecular flexibility index (Phi) is 3.18. The van der Waals surface area contributed by atoms with Crippen molar-refractivity contribution >= 4 is 0 Å². The van der Waals surface area contributed by atoms with Crippen molar-refractivity contribution in [1.82, 2.24) is 0 Å². The summed E-state index contributed by atoms with van der Waals surface area (Å²) in [6.45, 7) is 0. The van der Waals surface area contributed by atoms with Crippen molar-refractivity contribution in [1.29, 1.82) is 5.26 Å². The number of nitriles is 1. The summed E-state index contributed by atoms with van der Waals surface area (Å²) in [4.78, 5) is 0. The summed E-state index contributed by atoms with van der Waals surface area (Å²) in [6.07, 6.45) is -1.55. The summed E-state index contributed by atoms with van der Waals surface area (Å²) in [7, 11) is 0. The molecular formula is C9H12F3N. The van der Waals surface area contributed by atoms with Gasteiger partial charge in [0.05, 0.1) is 12.0 Å². The molecule has 1 aliphatic rings. The van der Waals surface area contributed by atoms with Crippen LogP contribution in [0.3, 0.4) is 0 Å². The van der Waals surface area contributed by atoms with Gasteiger partial charge in [0.15, 0.2) is 0 Å². The van der Waals surface area contributed by atoms with Gasteiger partial charge in [0, 0.05) is 6.42 Å². The fourth-order valence-corrected chi connectivity index (χ4v) is 2.01. The van der Waals surface area contributed by atoms with E-state index >= 15 is 0 Å². The van der Waals surface area contributed by atoms with Gasteiger partial charge in [0.25, 0.3) is 0 Å². The number of hydrogen-bond acceptors (Lipinski definition) is 1. The zero-order chi connectivity index (χ0) is 9.90. The van der Waals surface area contributed by atoms with E-state index in [1.807, 2.05) is 0 Å². The first kappa shape index (κ1) is 10.4.